The van der Waals surface area contributed by atoms with Crippen molar-refractivity contribution in [1.29, 1.82) is 0 Å². The van der Waals surface area contributed by atoms with Crippen molar-refractivity contribution in [1.82, 2.24) is 0 Å². The lowest BCUT2D eigenvalue weighted by atomic mass is 9.95. The zero-order valence-electron chi connectivity index (χ0n) is 12.3. The molecule has 106 valence electrons. The fraction of sp³-hybridized carbons (Fsp3) is 0.533. The number of rotatable bonds is 6. The Morgan fingerprint density at radius 2 is 1.84 bits per heavy atom. The van der Waals surface area contributed by atoms with Crippen LogP contribution in [0.1, 0.15) is 37.3 Å². The Morgan fingerprint density at radius 3 is 2.37 bits per heavy atom. The van der Waals surface area contributed by atoms with E-state index in [0.717, 1.165) is 22.6 Å². The van der Waals surface area contributed by atoms with Crippen molar-refractivity contribution in [2.24, 2.45) is 0 Å². The molecule has 0 N–H and O–H groups in total. The largest absolute Gasteiger partial charge is 0.496 e. The summed E-state index contributed by atoms with van der Waals surface area (Å²) in [7, 11) is 3.26. The van der Waals surface area contributed by atoms with Crippen LogP contribution in [0.4, 0.5) is 0 Å². The second-order valence-electron chi connectivity index (χ2n) is 4.47. The number of carbonyl (C=O) groups is 1. The van der Waals surface area contributed by atoms with E-state index in [2.05, 4.69) is 0 Å². The van der Waals surface area contributed by atoms with Crippen molar-refractivity contribution in [2.45, 2.75) is 33.1 Å². The molecule has 1 atom stereocenters. The third kappa shape index (κ3) is 3.88. The van der Waals surface area contributed by atoms with Crippen LogP contribution in [0.5, 0.6) is 11.5 Å². The highest BCUT2D eigenvalue weighted by Crippen LogP contribution is 2.34. The lowest BCUT2D eigenvalue weighted by Gasteiger charge is -2.17. The van der Waals surface area contributed by atoms with E-state index < -0.39 is 0 Å². The molecule has 19 heavy (non-hydrogen) atoms. The van der Waals surface area contributed by atoms with Gasteiger partial charge in [-0.05, 0) is 37.5 Å². The van der Waals surface area contributed by atoms with Crippen molar-refractivity contribution >= 4 is 5.97 Å². The fourth-order valence-electron chi connectivity index (χ4n) is 2.04. The number of ether oxygens (including phenoxy) is 3. The van der Waals surface area contributed by atoms with Crippen molar-refractivity contribution in [3.05, 3.63) is 23.3 Å². The molecule has 1 aromatic rings. The van der Waals surface area contributed by atoms with Crippen molar-refractivity contribution < 1.29 is 19.0 Å². The van der Waals surface area contributed by atoms with E-state index in [1.807, 2.05) is 26.0 Å². The second-order valence-corrected chi connectivity index (χ2v) is 4.47. The van der Waals surface area contributed by atoms with Crippen molar-refractivity contribution in [2.75, 3.05) is 20.8 Å². The highest BCUT2D eigenvalue weighted by Gasteiger charge is 2.18. The lowest BCUT2D eigenvalue weighted by molar-refractivity contribution is -0.143. The SMILES string of the molecule is CCOC(=O)C[C@@H](C)c1cc(OC)c(C)cc1OC. The monoisotopic (exact) mass is 266 g/mol. The van der Waals surface area contributed by atoms with Gasteiger partial charge in [0.1, 0.15) is 11.5 Å². The maximum absolute atomic E-state index is 11.6. The van der Waals surface area contributed by atoms with Gasteiger partial charge in [-0.15, -0.1) is 0 Å². The Balaban J connectivity index is 3.00. The molecular weight excluding hydrogens is 244 g/mol. The first-order valence-corrected chi connectivity index (χ1v) is 6.41. The molecule has 0 amide bonds. The Hall–Kier alpha value is -1.71. The van der Waals surface area contributed by atoms with Gasteiger partial charge in [-0.2, -0.15) is 0 Å². The third-order valence-corrected chi connectivity index (χ3v) is 3.06. The summed E-state index contributed by atoms with van der Waals surface area (Å²) in [6.45, 7) is 6.14. The van der Waals surface area contributed by atoms with Crippen molar-refractivity contribution in [3.63, 3.8) is 0 Å². The van der Waals surface area contributed by atoms with Crippen LogP contribution >= 0.6 is 0 Å². The number of methoxy groups -OCH3 is 2. The van der Waals surface area contributed by atoms with E-state index in [4.69, 9.17) is 14.2 Å². The smallest absolute Gasteiger partial charge is 0.306 e. The van der Waals surface area contributed by atoms with E-state index in [9.17, 15) is 4.79 Å². The number of aryl methyl sites for hydroxylation is 1. The van der Waals surface area contributed by atoms with Gasteiger partial charge in [0.05, 0.1) is 27.2 Å². The molecule has 0 saturated carbocycles. The minimum Gasteiger partial charge on any atom is -0.496 e. The molecule has 0 saturated heterocycles. The molecule has 0 aromatic heterocycles. The first-order chi connectivity index (χ1) is 9.03. The van der Waals surface area contributed by atoms with Gasteiger partial charge >= 0.3 is 5.97 Å². The standard InChI is InChI=1S/C15H22O4/c1-6-19-15(16)8-10(2)12-9-13(17-4)11(3)7-14(12)18-5/h7,9-10H,6,8H2,1-5H3/t10-/m1/s1. The summed E-state index contributed by atoms with van der Waals surface area (Å²) in [6.07, 6.45) is 0.330. The van der Waals surface area contributed by atoms with Crippen molar-refractivity contribution in [3.8, 4) is 11.5 Å². The predicted octanol–water partition coefficient (Wildman–Crippen LogP) is 3.07. The third-order valence-electron chi connectivity index (χ3n) is 3.06. The predicted molar refractivity (Wildman–Crippen MR) is 73.9 cm³/mol. The van der Waals surface area contributed by atoms with Gasteiger partial charge in [0.25, 0.3) is 0 Å². The fourth-order valence-corrected chi connectivity index (χ4v) is 2.04. The first-order valence-electron chi connectivity index (χ1n) is 6.41. The average molecular weight is 266 g/mol. The van der Waals surface area contributed by atoms with Gasteiger partial charge < -0.3 is 14.2 Å². The maximum atomic E-state index is 11.6. The summed E-state index contributed by atoms with van der Waals surface area (Å²) < 4.78 is 15.7. The molecule has 1 aromatic carbocycles. The molecule has 0 aliphatic rings. The summed E-state index contributed by atoms with van der Waals surface area (Å²) in [6, 6.07) is 3.86. The maximum Gasteiger partial charge on any atom is 0.306 e. The van der Waals surface area contributed by atoms with E-state index >= 15 is 0 Å². The molecular formula is C15H22O4. The van der Waals surface area contributed by atoms with Crippen LogP contribution in [0.25, 0.3) is 0 Å². The molecule has 1 rings (SSSR count). The van der Waals surface area contributed by atoms with Crippen LogP contribution < -0.4 is 9.47 Å². The molecule has 0 fully saturated rings. The van der Waals surface area contributed by atoms with Gasteiger partial charge in [0, 0.05) is 5.56 Å². The highest BCUT2D eigenvalue weighted by molar-refractivity contribution is 5.70. The van der Waals surface area contributed by atoms with Crippen LogP contribution in [-0.2, 0) is 9.53 Å². The lowest BCUT2D eigenvalue weighted by Crippen LogP contribution is -2.09. The number of hydrogen-bond acceptors (Lipinski definition) is 4. The molecule has 0 bridgehead atoms. The summed E-state index contributed by atoms with van der Waals surface area (Å²) in [4.78, 5) is 11.6. The summed E-state index contributed by atoms with van der Waals surface area (Å²) in [5, 5.41) is 0. The second kappa shape index (κ2) is 7.02. The quantitative estimate of drug-likeness (QED) is 0.742. The number of hydrogen-bond donors (Lipinski definition) is 0. The minimum atomic E-state index is -0.198. The Labute approximate surface area is 114 Å². The van der Waals surface area contributed by atoms with Crippen LogP contribution in [0.3, 0.4) is 0 Å². The summed E-state index contributed by atoms with van der Waals surface area (Å²) >= 11 is 0. The molecule has 0 spiro atoms. The van der Waals surface area contributed by atoms with E-state index in [1.54, 1.807) is 21.1 Å². The van der Waals surface area contributed by atoms with Gasteiger partial charge in [0.15, 0.2) is 0 Å². The van der Waals surface area contributed by atoms with Gasteiger partial charge in [-0.1, -0.05) is 6.92 Å². The molecule has 0 aliphatic heterocycles. The zero-order chi connectivity index (χ0) is 14.4. The molecule has 4 heteroatoms. The zero-order valence-corrected chi connectivity index (χ0v) is 12.3. The number of carbonyl (C=O) groups excluding carboxylic acids is 1. The summed E-state index contributed by atoms with van der Waals surface area (Å²) in [5.74, 6) is 1.39. The normalized spacial score (nSPS) is 11.8. The van der Waals surface area contributed by atoms with Gasteiger partial charge in [0.2, 0.25) is 0 Å². The average Bonchev–Trinajstić information content (AvgIpc) is 2.38. The topological polar surface area (TPSA) is 44.8 Å². The molecule has 0 aliphatic carbocycles. The van der Waals surface area contributed by atoms with E-state index in [-0.39, 0.29) is 11.9 Å². The Bertz CT molecular complexity index is 440. The Morgan fingerprint density at radius 1 is 1.21 bits per heavy atom. The van der Waals surface area contributed by atoms with E-state index in [0.29, 0.717) is 13.0 Å². The Kier molecular flexibility index (Phi) is 5.67. The molecule has 0 unspecified atom stereocenters. The van der Waals surface area contributed by atoms with Crippen LogP contribution in [0, 0.1) is 6.92 Å². The number of esters is 1. The van der Waals surface area contributed by atoms with Gasteiger partial charge in [-0.3, -0.25) is 4.79 Å². The van der Waals surface area contributed by atoms with Crippen LogP contribution in [0.2, 0.25) is 0 Å². The molecule has 0 heterocycles. The van der Waals surface area contributed by atoms with E-state index in [1.165, 1.54) is 0 Å². The van der Waals surface area contributed by atoms with Gasteiger partial charge in [-0.25, -0.2) is 0 Å². The number of benzene rings is 1. The minimum absolute atomic E-state index is 0.0171. The van der Waals surface area contributed by atoms with Crippen LogP contribution in [0.15, 0.2) is 12.1 Å². The van der Waals surface area contributed by atoms with Crippen LogP contribution in [-0.4, -0.2) is 26.8 Å². The summed E-state index contributed by atoms with van der Waals surface area (Å²) in [5.41, 5.74) is 1.96. The first kappa shape index (κ1) is 15.3. The highest BCUT2D eigenvalue weighted by atomic mass is 16.5. The molecule has 0 radical (unpaired) electrons. The molecule has 4 nitrogen and oxygen atoms in total.